The zero-order valence-electron chi connectivity index (χ0n) is 11.0. The molecule has 0 saturated carbocycles. The molecule has 0 aromatic carbocycles. The van der Waals surface area contributed by atoms with Crippen molar-refractivity contribution in [2.75, 3.05) is 42.2 Å². The summed E-state index contributed by atoms with van der Waals surface area (Å²) in [4.78, 5) is 13.7. The van der Waals surface area contributed by atoms with Crippen LogP contribution in [0.5, 0.6) is 0 Å². The zero-order valence-corrected chi connectivity index (χ0v) is 11.0. The van der Waals surface area contributed by atoms with E-state index in [1.165, 1.54) is 0 Å². The molecule has 0 fully saturated rings. The lowest BCUT2D eigenvalue weighted by atomic mass is 10.5. The Labute approximate surface area is 109 Å². The summed E-state index contributed by atoms with van der Waals surface area (Å²) in [6, 6.07) is 0. The van der Waals surface area contributed by atoms with E-state index in [1.54, 1.807) is 7.05 Å². The van der Waals surface area contributed by atoms with E-state index in [2.05, 4.69) is 25.6 Å². The van der Waals surface area contributed by atoms with Gasteiger partial charge in [0.15, 0.2) is 0 Å². The van der Waals surface area contributed by atoms with Crippen LogP contribution in [-0.4, -0.2) is 47.8 Å². The van der Waals surface area contributed by atoms with Crippen LogP contribution in [0.2, 0.25) is 0 Å². The third kappa shape index (κ3) is 4.76. The summed E-state index contributed by atoms with van der Waals surface area (Å²) in [5.74, 6) is 0.467. The van der Waals surface area contributed by atoms with Crippen LogP contribution < -0.4 is 15.5 Å². The number of alkyl halides is 3. The fourth-order valence-corrected chi connectivity index (χ4v) is 1.38. The van der Waals surface area contributed by atoms with Crippen LogP contribution in [-0.2, 0) is 0 Å². The van der Waals surface area contributed by atoms with Gasteiger partial charge in [-0.2, -0.15) is 28.1 Å². The summed E-state index contributed by atoms with van der Waals surface area (Å²) in [6.07, 6.45) is -4.32. The van der Waals surface area contributed by atoms with Crippen molar-refractivity contribution >= 4 is 17.8 Å². The topological polar surface area (TPSA) is 66.0 Å². The van der Waals surface area contributed by atoms with Gasteiger partial charge in [-0.05, 0) is 13.8 Å². The van der Waals surface area contributed by atoms with Crippen molar-refractivity contribution < 1.29 is 13.2 Å². The molecule has 0 saturated heterocycles. The first kappa shape index (κ1) is 15.3. The molecule has 9 heteroatoms. The minimum atomic E-state index is -4.32. The first-order chi connectivity index (χ1) is 8.89. The van der Waals surface area contributed by atoms with E-state index < -0.39 is 12.7 Å². The monoisotopic (exact) mass is 278 g/mol. The molecule has 108 valence electrons. The first-order valence-electron chi connectivity index (χ1n) is 5.89. The van der Waals surface area contributed by atoms with Crippen LogP contribution in [0.15, 0.2) is 0 Å². The average Bonchev–Trinajstić information content (AvgIpc) is 2.37. The van der Waals surface area contributed by atoms with Crippen LogP contribution in [0.4, 0.5) is 31.0 Å². The molecule has 0 aliphatic rings. The summed E-state index contributed by atoms with van der Waals surface area (Å²) in [6.45, 7) is 3.95. The van der Waals surface area contributed by atoms with E-state index in [0.29, 0.717) is 19.0 Å². The molecule has 0 radical (unpaired) electrons. The first-order valence-corrected chi connectivity index (χ1v) is 5.89. The van der Waals surface area contributed by atoms with E-state index in [-0.39, 0.29) is 11.9 Å². The highest BCUT2D eigenvalue weighted by Crippen LogP contribution is 2.17. The molecule has 0 amide bonds. The minimum absolute atomic E-state index is 0.0985. The molecule has 0 unspecified atom stereocenters. The van der Waals surface area contributed by atoms with Gasteiger partial charge in [-0.25, -0.2) is 0 Å². The number of hydrogen-bond acceptors (Lipinski definition) is 6. The number of hydrogen-bond donors (Lipinski definition) is 2. The molecule has 0 spiro atoms. The summed E-state index contributed by atoms with van der Waals surface area (Å²) in [5, 5.41) is 4.85. The van der Waals surface area contributed by atoms with Crippen molar-refractivity contribution in [1.29, 1.82) is 0 Å². The van der Waals surface area contributed by atoms with E-state index in [4.69, 9.17) is 0 Å². The molecular weight excluding hydrogens is 261 g/mol. The quantitative estimate of drug-likeness (QED) is 0.826. The number of aromatic nitrogens is 3. The molecule has 0 aliphatic carbocycles. The molecule has 19 heavy (non-hydrogen) atoms. The number of nitrogens with one attached hydrogen (secondary N) is 2. The van der Waals surface area contributed by atoms with Crippen molar-refractivity contribution in [3.63, 3.8) is 0 Å². The van der Waals surface area contributed by atoms with Gasteiger partial charge < -0.3 is 15.5 Å². The largest absolute Gasteiger partial charge is 0.405 e. The molecule has 1 aromatic heterocycles. The summed E-state index contributed by atoms with van der Waals surface area (Å²) >= 11 is 0. The maximum atomic E-state index is 12.2. The van der Waals surface area contributed by atoms with E-state index >= 15 is 0 Å². The van der Waals surface area contributed by atoms with Gasteiger partial charge in [-0.15, -0.1) is 0 Å². The van der Waals surface area contributed by atoms with E-state index in [0.717, 1.165) is 0 Å². The van der Waals surface area contributed by atoms with Crippen molar-refractivity contribution in [3.8, 4) is 0 Å². The Morgan fingerprint density at radius 3 is 2.11 bits per heavy atom. The van der Waals surface area contributed by atoms with Gasteiger partial charge >= 0.3 is 6.18 Å². The molecule has 1 heterocycles. The lowest BCUT2D eigenvalue weighted by molar-refractivity contribution is -0.115. The third-order valence-electron chi connectivity index (χ3n) is 2.34. The summed E-state index contributed by atoms with van der Waals surface area (Å²) in [5.41, 5.74) is 0. The molecule has 0 bridgehead atoms. The lowest BCUT2D eigenvalue weighted by Gasteiger charge is -2.19. The smallest absolute Gasteiger partial charge is 0.357 e. The lowest BCUT2D eigenvalue weighted by Crippen LogP contribution is -2.27. The second-order valence-corrected chi connectivity index (χ2v) is 3.67. The average molecular weight is 278 g/mol. The number of nitrogens with zero attached hydrogens (tertiary/aromatic N) is 4. The van der Waals surface area contributed by atoms with Gasteiger partial charge in [0.05, 0.1) is 0 Å². The van der Waals surface area contributed by atoms with Gasteiger partial charge in [0.25, 0.3) is 0 Å². The molecular formula is C10H17F3N6. The van der Waals surface area contributed by atoms with Crippen LogP contribution in [0.25, 0.3) is 0 Å². The Kier molecular flexibility index (Phi) is 5.13. The maximum absolute atomic E-state index is 12.2. The Morgan fingerprint density at radius 2 is 1.63 bits per heavy atom. The van der Waals surface area contributed by atoms with Gasteiger partial charge in [0.1, 0.15) is 6.54 Å². The SMILES string of the molecule is CCN(CC)c1nc(NC)nc(NCC(F)(F)F)n1. The fourth-order valence-electron chi connectivity index (χ4n) is 1.38. The second kappa shape index (κ2) is 6.39. The van der Waals surface area contributed by atoms with Crippen LogP contribution >= 0.6 is 0 Å². The fraction of sp³-hybridized carbons (Fsp3) is 0.700. The molecule has 1 aromatic rings. The van der Waals surface area contributed by atoms with Gasteiger partial charge in [0.2, 0.25) is 17.8 Å². The van der Waals surface area contributed by atoms with Crippen molar-refractivity contribution in [2.45, 2.75) is 20.0 Å². The number of halogens is 3. The highest BCUT2D eigenvalue weighted by molar-refractivity contribution is 5.43. The van der Waals surface area contributed by atoms with Crippen LogP contribution in [0, 0.1) is 0 Å². The maximum Gasteiger partial charge on any atom is 0.405 e. The van der Waals surface area contributed by atoms with Crippen molar-refractivity contribution in [1.82, 2.24) is 15.0 Å². The van der Waals surface area contributed by atoms with E-state index in [1.807, 2.05) is 18.7 Å². The van der Waals surface area contributed by atoms with Gasteiger partial charge in [-0.1, -0.05) is 0 Å². The van der Waals surface area contributed by atoms with Crippen molar-refractivity contribution in [2.24, 2.45) is 0 Å². The van der Waals surface area contributed by atoms with Crippen molar-refractivity contribution in [3.05, 3.63) is 0 Å². The number of anilines is 3. The van der Waals surface area contributed by atoms with Crippen LogP contribution in [0.1, 0.15) is 13.8 Å². The standard InChI is InChI=1S/C10H17F3N6/c1-4-19(5-2)9-17-7(14-3)16-8(18-9)15-6-10(11,12)13/h4-6H2,1-3H3,(H2,14,15,16,17,18). The predicted octanol–water partition coefficient (Wildman–Crippen LogP) is 1.73. The van der Waals surface area contributed by atoms with E-state index in [9.17, 15) is 13.2 Å². The number of rotatable bonds is 6. The normalized spacial score (nSPS) is 11.3. The Balaban J connectivity index is 2.95. The highest BCUT2D eigenvalue weighted by atomic mass is 19.4. The molecule has 2 N–H and O–H groups in total. The highest BCUT2D eigenvalue weighted by Gasteiger charge is 2.27. The Morgan fingerprint density at radius 1 is 1.05 bits per heavy atom. The second-order valence-electron chi connectivity index (χ2n) is 3.67. The molecule has 1 rings (SSSR count). The predicted molar refractivity (Wildman–Crippen MR) is 67.5 cm³/mol. The summed E-state index contributed by atoms with van der Waals surface area (Å²) < 4.78 is 36.5. The zero-order chi connectivity index (χ0) is 14.5. The van der Waals surface area contributed by atoms with Gasteiger partial charge in [-0.3, -0.25) is 0 Å². The third-order valence-corrected chi connectivity index (χ3v) is 2.34. The van der Waals surface area contributed by atoms with Crippen LogP contribution in [0.3, 0.4) is 0 Å². The molecule has 6 nitrogen and oxygen atoms in total. The minimum Gasteiger partial charge on any atom is -0.357 e. The Hall–Kier alpha value is -1.80. The Bertz CT molecular complexity index is 405. The summed E-state index contributed by atoms with van der Waals surface area (Å²) in [7, 11) is 1.59. The molecule has 0 aliphatic heterocycles. The van der Waals surface area contributed by atoms with Gasteiger partial charge in [0, 0.05) is 20.1 Å². The molecule has 0 atom stereocenters.